The lowest BCUT2D eigenvalue weighted by Gasteiger charge is -2.08. The molecule has 0 saturated carbocycles. The summed E-state index contributed by atoms with van der Waals surface area (Å²) < 4.78 is 12.7. The van der Waals surface area contributed by atoms with Crippen molar-refractivity contribution in [1.82, 2.24) is 9.55 Å². The first-order valence-corrected chi connectivity index (χ1v) is 7.86. The first-order chi connectivity index (χ1) is 11.7. The molecule has 5 nitrogen and oxygen atoms in total. The molecule has 0 aliphatic heterocycles. The van der Waals surface area contributed by atoms with Gasteiger partial charge in [-0.05, 0) is 24.3 Å². The molecule has 0 amide bonds. The number of rotatable bonds is 4. The van der Waals surface area contributed by atoms with Gasteiger partial charge < -0.3 is 9.15 Å². The van der Waals surface area contributed by atoms with Gasteiger partial charge >= 0.3 is 0 Å². The van der Waals surface area contributed by atoms with Crippen LogP contribution in [0.4, 0.5) is 0 Å². The molecule has 0 fully saturated rings. The van der Waals surface area contributed by atoms with Crippen molar-refractivity contribution in [3.05, 3.63) is 70.2 Å². The van der Waals surface area contributed by atoms with Crippen LogP contribution in [0.3, 0.4) is 0 Å². The van der Waals surface area contributed by atoms with Crippen molar-refractivity contribution < 1.29 is 9.15 Å². The van der Waals surface area contributed by atoms with E-state index in [0.29, 0.717) is 35.0 Å². The van der Waals surface area contributed by atoms with Gasteiger partial charge in [0.2, 0.25) is 5.58 Å². The van der Waals surface area contributed by atoms with Gasteiger partial charge in [0.15, 0.2) is 0 Å². The van der Waals surface area contributed by atoms with Crippen molar-refractivity contribution in [1.29, 1.82) is 0 Å². The summed E-state index contributed by atoms with van der Waals surface area (Å²) in [5.41, 5.74) is 1.27. The number of hydrogen-bond donors (Lipinski definition) is 0. The van der Waals surface area contributed by atoms with E-state index in [1.54, 1.807) is 12.1 Å². The number of halogens is 1. The van der Waals surface area contributed by atoms with Crippen LogP contribution < -0.4 is 10.3 Å². The van der Waals surface area contributed by atoms with Crippen LogP contribution in [-0.4, -0.2) is 16.2 Å². The molecule has 0 atom stereocenters. The zero-order valence-corrected chi connectivity index (χ0v) is 13.4. The fraction of sp³-hybridized carbons (Fsp3) is 0.111. The zero-order chi connectivity index (χ0) is 16.5. The number of aromatic nitrogens is 2. The SMILES string of the molecule is O=c1c2oc3ccccc3c2ncn1CCOc1ccccc1Cl. The third-order valence-electron chi connectivity index (χ3n) is 3.78. The van der Waals surface area contributed by atoms with Gasteiger partial charge in [0, 0.05) is 5.39 Å². The predicted octanol–water partition coefficient (Wildman–Crippen LogP) is 3.88. The van der Waals surface area contributed by atoms with E-state index < -0.39 is 0 Å². The molecule has 4 rings (SSSR count). The Morgan fingerprint density at radius 2 is 1.92 bits per heavy atom. The first kappa shape index (κ1) is 14.8. The van der Waals surface area contributed by atoms with Gasteiger partial charge in [-0.3, -0.25) is 9.36 Å². The normalized spacial score (nSPS) is 11.2. The van der Waals surface area contributed by atoms with E-state index in [0.717, 1.165) is 5.39 Å². The van der Waals surface area contributed by atoms with Crippen LogP contribution in [0.15, 0.2) is 64.1 Å². The maximum Gasteiger partial charge on any atom is 0.297 e. The first-order valence-electron chi connectivity index (χ1n) is 7.48. The van der Waals surface area contributed by atoms with Gasteiger partial charge in [0.25, 0.3) is 5.56 Å². The highest BCUT2D eigenvalue weighted by molar-refractivity contribution is 6.32. The summed E-state index contributed by atoms with van der Waals surface area (Å²) in [4.78, 5) is 16.9. The van der Waals surface area contributed by atoms with Gasteiger partial charge in [0.1, 0.15) is 23.5 Å². The summed E-state index contributed by atoms with van der Waals surface area (Å²) in [6.45, 7) is 0.654. The van der Waals surface area contributed by atoms with E-state index in [1.807, 2.05) is 36.4 Å². The van der Waals surface area contributed by atoms with Crippen LogP contribution in [0.25, 0.3) is 22.1 Å². The molecular formula is C18H13ClN2O3. The molecule has 4 aromatic rings. The number of benzene rings is 2. The van der Waals surface area contributed by atoms with Crippen molar-refractivity contribution in [2.75, 3.05) is 6.61 Å². The van der Waals surface area contributed by atoms with Crippen molar-refractivity contribution in [3.63, 3.8) is 0 Å². The Labute approximate surface area is 142 Å². The molecule has 120 valence electrons. The summed E-state index contributed by atoms with van der Waals surface area (Å²) in [5, 5.41) is 1.37. The third-order valence-corrected chi connectivity index (χ3v) is 4.09. The monoisotopic (exact) mass is 340 g/mol. The molecule has 2 heterocycles. The fourth-order valence-corrected chi connectivity index (χ4v) is 2.78. The van der Waals surface area contributed by atoms with Crippen LogP contribution in [0.1, 0.15) is 0 Å². The lowest BCUT2D eigenvalue weighted by atomic mass is 10.2. The van der Waals surface area contributed by atoms with Crippen molar-refractivity contribution >= 4 is 33.7 Å². The molecule has 6 heteroatoms. The fourth-order valence-electron chi connectivity index (χ4n) is 2.59. The van der Waals surface area contributed by atoms with Crippen molar-refractivity contribution in [3.8, 4) is 5.75 Å². The Balaban J connectivity index is 1.61. The van der Waals surface area contributed by atoms with Gasteiger partial charge in [0.05, 0.1) is 17.9 Å². The highest BCUT2D eigenvalue weighted by atomic mass is 35.5. The van der Waals surface area contributed by atoms with Gasteiger partial charge in [-0.25, -0.2) is 4.98 Å². The van der Waals surface area contributed by atoms with Crippen LogP contribution in [-0.2, 0) is 6.54 Å². The van der Waals surface area contributed by atoms with E-state index in [4.69, 9.17) is 20.8 Å². The molecule has 0 bridgehead atoms. The number of nitrogens with zero attached hydrogens (tertiary/aromatic N) is 2. The molecule has 0 N–H and O–H groups in total. The molecule has 2 aromatic carbocycles. The van der Waals surface area contributed by atoms with Crippen molar-refractivity contribution in [2.45, 2.75) is 6.54 Å². The van der Waals surface area contributed by atoms with E-state index in [-0.39, 0.29) is 11.1 Å². The second-order valence-electron chi connectivity index (χ2n) is 5.30. The van der Waals surface area contributed by atoms with E-state index in [2.05, 4.69) is 4.98 Å². The number of furan rings is 1. The Morgan fingerprint density at radius 3 is 2.79 bits per heavy atom. The Morgan fingerprint density at radius 1 is 1.12 bits per heavy atom. The smallest absolute Gasteiger partial charge is 0.297 e. The second kappa shape index (κ2) is 6.02. The number of fused-ring (bicyclic) bond motifs is 3. The topological polar surface area (TPSA) is 57.3 Å². The van der Waals surface area contributed by atoms with Gasteiger partial charge in [-0.2, -0.15) is 0 Å². The average Bonchev–Trinajstić information content (AvgIpc) is 2.98. The lowest BCUT2D eigenvalue weighted by Crippen LogP contribution is -2.23. The lowest BCUT2D eigenvalue weighted by molar-refractivity contribution is 0.296. The van der Waals surface area contributed by atoms with Gasteiger partial charge in [-0.15, -0.1) is 0 Å². The van der Waals surface area contributed by atoms with Gasteiger partial charge in [-0.1, -0.05) is 35.9 Å². The molecule has 0 aliphatic carbocycles. The van der Waals surface area contributed by atoms with E-state index in [9.17, 15) is 4.79 Å². The highest BCUT2D eigenvalue weighted by Crippen LogP contribution is 2.24. The number of ether oxygens (including phenoxy) is 1. The quantitative estimate of drug-likeness (QED) is 0.566. The van der Waals surface area contributed by atoms with Crippen LogP contribution >= 0.6 is 11.6 Å². The predicted molar refractivity (Wildman–Crippen MR) is 92.7 cm³/mol. The minimum absolute atomic E-state index is 0.223. The standard InChI is InChI=1S/C18H13ClN2O3/c19-13-6-2-4-8-15(13)23-10-9-21-11-20-16-12-5-1-3-7-14(12)24-17(16)18(21)22/h1-8,11H,9-10H2. The molecule has 0 saturated heterocycles. The average molecular weight is 341 g/mol. The largest absolute Gasteiger partial charge is 0.490 e. The second-order valence-corrected chi connectivity index (χ2v) is 5.71. The minimum atomic E-state index is -0.223. The molecular weight excluding hydrogens is 328 g/mol. The summed E-state index contributed by atoms with van der Waals surface area (Å²) >= 11 is 6.04. The van der Waals surface area contributed by atoms with Crippen LogP contribution in [0.2, 0.25) is 5.02 Å². The molecule has 2 aromatic heterocycles. The van der Waals surface area contributed by atoms with Crippen molar-refractivity contribution in [2.24, 2.45) is 0 Å². The Hall–Kier alpha value is -2.79. The maximum atomic E-state index is 12.6. The summed E-state index contributed by atoms with van der Waals surface area (Å²) in [7, 11) is 0. The summed E-state index contributed by atoms with van der Waals surface area (Å²) in [5.74, 6) is 0.588. The van der Waals surface area contributed by atoms with E-state index >= 15 is 0 Å². The minimum Gasteiger partial charge on any atom is -0.490 e. The highest BCUT2D eigenvalue weighted by Gasteiger charge is 2.12. The number of hydrogen-bond acceptors (Lipinski definition) is 4. The molecule has 0 aliphatic rings. The molecule has 24 heavy (non-hydrogen) atoms. The molecule has 0 radical (unpaired) electrons. The third kappa shape index (κ3) is 2.53. The number of para-hydroxylation sites is 2. The molecule has 0 unspecified atom stereocenters. The maximum absolute atomic E-state index is 12.6. The van der Waals surface area contributed by atoms with E-state index in [1.165, 1.54) is 10.9 Å². The van der Waals surface area contributed by atoms with Crippen LogP contribution in [0.5, 0.6) is 5.75 Å². The molecule has 0 spiro atoms. The summed E-state index contributed by atoms with van der Waals surface area (Å²) in [6, 6.07) is 14.7. The summed E-state index contributed by atoms with van der Waals surface area (Å²) in [6.07, 6.45) is 1.52. The zero-order valence-electron chi connectivity index (χ0n) is 12.6. The van der Waals surface area contributed by atoms with Crippen LogP contribution in [0, 0.1) is 0 Å². The Bertz CT molecular complexity index is 1080. The Kier molecular flexibility index (Phi) is 3.70.